The third-order valence-electron chi connectivity index (χ3n) is 3.36. The minimum Gasteiger partial charge on any atom is -0.462 e. The van der Waals surface area contributed by atoms with Crippen molar-refractivity contribution in [1.29, 1.82) is 0 Å². The van der Waals surface area contributed by atoms with Gasteiger partial charge in [0.1, 0.15) is 0 Å². The van der Waals surface area contributed by atoms with Crippen LogP contribution in [-0.2, 0) is 10.9 Å². The molecule has 0 saturated heterocycles. The van der Waals surface area contributed by atoms with E-state index in [4.69, 9.17) is 0 Å². The first kappa shape index (κ1) is 18.4. The number of aryl methyl sites for hydroxylation is 1. The first-order valence-electron chi connectivity index (χ1n) is 7.16. The van der Waals surface area contributed by atoms with Gasteiger partial charge in [0.15, 0.2) is 0 Å². The molecule has 0 N–H and O–H groups in total. The Bertz CT molecular complexity index is 817. The number of benzene rings is 1. The maximum atomic E-state index is 13.4. The van der Waals surface area contributed by atoms with Gasteiger partial charge in [-0.05, 0) is 32.0 Å². The summed E-state index contributed by atoms with van der Waals surface area (Å²) in [6, 6.07) is 5.66. The zero-order valence-corrected chi connectivity index (χ0v) is 13.3. The van der Waals surface area contributed by atoms with Crippen LogP contribution in [0.3, 0.4) is 0 Å². The number of carbonyl (C=O) groups excluding carboxylic acids is 1. The lowest BCUT2D eigenvalue weighted by atomic mass is 10.0. The minimum atomic E-state index is -4.79. The fraction of sp³-hybridized carbons (Fsp3) is 0.250. The van der Waals surface area contributed by atoms with Crippen LogP contribution >= 0.6 is 0 Å². The molecule has 0 bridgehead atoms. The summed E-state index contributed by atoms with van der Waals surface area (Å²) in [5.74, 6) is -1.10. The van der Waals surface area contributed by atoms with Gasteiger partial charge in [0.25, 0.3) is 5.69 Å². The molecule has 0 amide bonds. The lowest BCUT2D eigenvalue weighted by Gasteiger charge is -2.15. The molecule has 6 nitrogen and oxygen atoms in total. The van der Waals surface area contributed by atoms with Crippen LogP contribution in [0.15, 0.2) is 30.3 Å². The summed E-state index contributed by atoms with van der Waals surface area (Å²) < 4.78 is 44.8. The topological polar surface area (TPSA) is 82.3 Å². The molecule has 0 saturated carbocycles. The number of pyridine rings is 1. The summed E-state index contributed by atoms with van der Waals surface area (Å²) in [7, 11) is 0. The predicted molar refractivity (Wildman–Crippen MR) is 82.0 cm³/mol. The molecule has 0 unspecified atom stereocenters. The summed E-state index contributed by atoms with van der Waals surface area (Å²) in [5.41, 5.74) is -1.92. The van der Waals surface area contributed by atoms with Crippen molar-refractivity contribution in [3.63, 3.8) is 0 Å². The molecule has 0 aliphatic heterocycles. The van der Waals surface area contributed by atoms with E-state index in [1.807, 2.05) is 0 Å². The average molecular weight is 354 g/mol. The maximum Gasteiger partial charge on any atom is 0.417 e. The van der Waals surface area contributed by atoms with Crippen molar-refractivity contribution in [2.24, 2.45) is 0 Å². The molecule has 0 radical (unpaired) electrons. The molecule has 1 aromatic heterocycles. The van der Waals surface area contributed by atoms with E-state index in [9.17, 15) is 28.1 Å². The van der Waals surface area contributed by atoms with Crippen molar-refractivity contribution in [2.45, 2.75) is 20.0 Å². The molecule has 0 fully saturated rings. The molecule has 0 aliphatic carbocycles. The van der Waals surface area contributed by atoms with Gasteiger partial charge in [-0.25, -0.2) is 4.79 Å². The lowest BCUT2D eigenvalue weighted by Crippen LogP contribution is -2.18. The second kappa shape index (κ2) is 6.88. The normalized spacial score (nSPS) is 11.2. The molecule has 25 heavy (non-hydrogen) atoms. The fourth-order valence-corrected chi connectivity index (χ4v) is 2.26. The smallest absolute Gasteiger partial charge is 0.417 e. The molecule has 0 atom stereocenters. The molecule has 2 rings (SSSR count). The Morgan fingerprint density at radius 3 is 2.36 bits per heavy atom. The lowest BCUT2D eigenvalue weighted by molar-refractivity contribution is -0.384. The number of nitro groups is 1. The van der Waals surface area contributed by atoms with Gasteiger partial charge >= 0.3 is 12.1 Å². The number of nitro benzene ring substituents is 1. The number of rotatable bonds is 4. The number of hydrogen-bond acceptors (Lipinski definition) is 5. The second-order valence-electron chi connectivity index (χ2n) is 5.04. The van der Waals surface area contributed by atoms with Crippen molar-refractivity contribution < 1.29 is 27.6 Å². The number of halogens is 3. The molecular weight excluding hydrogens is 341 g/mol. The molecule has 0 spiro atoms. The molecule has 132 valence electrons. The first-order chi connectivity index (χ1) is 11.6. The van der Waals surface area contributed by atoms with Gasteiger partial charge in [-0.2, -0.15) is 13.2 Å². The van der Waals surface area contributed by atoms with Crippen LogP contribution in [0, 0.1) is 17.0 Å². The van der Waals surface area contributed by atoms with E-state index in [0.29, 0.717) is 0 Å². The Balaban J connectivity index is 2.60. The zero-order valence-electron chi connectivity index (χ0n) is 13.3. The van der Waals surface area contributed by atoms with E-state index >= 15 is 0 Å². The maximum absolute atomic E-state index is 13.4. The van der Waals surface area contributed by atoms with Gasteiger partial charge < -0.3 is 4.74 Å². The largest absolute Gasteiger partial charge is 0.462 e. The number of hydrogen-bond donors (Lipinski definition) is 0. The number of ether oxygens (including phenoxy) is 1. The molecule has 0 aliphatic rings. The summed E-state index contributed by atoms with van der Waals surface area (Å²) in [6.07, 6.45) is -4.79. The summed E-state index contributed by atoms with van der Waals surface area (Å²) in [5, 5.41) is 10.7. The van der Waals surface area contributed by atoms with Gasteiger partial charge in [0.2, 0.25) is 0 Å². The Morgan fingerprint density at radius 1 is 1.28 bits per heavy atom. The SMILES string of the molecule is CCOC(=O)c1c(C(F)(F)F)cc(-c2ccc([N+](=O)[O-])cc2)nc1C. The monoisotopic (exact) mass is 354 g/mol. The third kappa shape index (κ3) is 3.93. The highest BCUT2D eigenvalue weighted by Crippen LogP contribution is 2.36. The molecule has 2 aromatic rings. The van der Waals surface area contributed by atoms with Crippen molar-refractivity contribution in [3.05, 3.63) is 57.3 Å². The molecule has 9 heteroatoms. The molecule has 1 aromatic carbocycles. The van der Waals surface area contributed by atoms with E-state index < -0.39 is 28.2 Å². The Morgan fingerprint density at radius 2 is 1.88 bits per heavy atom. The standard InChI is InChI=1S/C16H13F3N2O4/c1-3-25-15(22)14-9(2)20-13(8-12(14)16(17,18)19)10-4-6-11(7-5-10)21(23)24/h4-8H,3H2,1-2H3. The van der Waals surface area contributed by atoms with E-state index in [1.165, 1.54) is 38.1 Å². The van der Waals surface area contributed by atoms with E-state index in [2.05, 4.69) is 9.72 Å². The van der Waals surface area contributed by atoms with Gasteiger partial charge in [-0.1, -0.05) is 0 Å². The number of nitrogens with zero attached hydrogens (tertiary/aromatic N) is 2. The van der Waals surface area contributed by atoms with Crippen LogP contribution in [0.5, 0.6) is 0 Å². The number of carbonyl (C=O) groups is 1. The summed E-state index contributed by atoms with van der Waals surface area (Å²) in [4.78, 5) is 25.9. The van der Waals surface area contributed by atoms with Gasteiger partial charge in [-0.3, -0.25) is 15.1 Å². The van der Waals surface area contributed by atoms with Crippen LogP contribution in [0.1, 0.15) is 28.5 Å². The highest BCUT2D eigenvalue weighted by atomic mass is 19.4. The van der Waals surface area contributed by atoms with Crippen LogP contribution in [0.25, 0.3) is 11.3 Å². The van der Waals surface area contributed by atoms with Crippen LogP contribution in [-0.4, -0.2) is 22.5 Å². The van der Waals surface area contributed by atoms with Crippen LogP contribution in [0.2, 0.25) is 0 Å². The molecular formula is C16H13F3N2O4. The number of aromatic nitrogens is 1. The second-order valence-corrected chi connectivity index (χ2v) is 5.04. The van der Waals surface area contributed by atoms with E-state index in [-0.39, 0.29) is 29.2 Å². The zero-order chi connectivity index (χ0) is 18.8. The molecule has 1 heterocycles. The van der Waals surface area contributed by atoms with Gasteiger partial charge in [0.05, 0.1) is 34.0 Å². The fourth-order valence-electron chi connectivity index (χ4n) is 2.26. The van der Waals surface area contributed by atoms with Gasteiger partial charge in [0, 0.05) is 17.7 Å². The summed E-state index contributed by atoms with van der Waals surface area (Å²) in [6.45, 7) is 2.69. The highest BCUT2D eigenvalue weighted by Gasteiger charge is 2.37. The highest BCUT2D eigenvalue weighted by molar-refractivity contribution is 5.93. The Hall–Kier alpha value is -2.97. The quantitative estimate of drug-likeness (QED) is 0.468. The first-order valence-corrected chi connectivity index (χ1v) is 7.16. The number of esters is 1. The van der Waals surface area contributed by atoms with Crippen LogP contribution < -0.4 is 0 Å². The van der Waals surface area contributed by atoms with Crippen molar-refractivity contribution in [2.75, 3.05) is 6.61 Å². The van der Waals surface area contributed by atoms with Crippen molar-refractivity contribution in [1.82, 2.24) is 4.98 Å². The minimum absolute atomic E-state index is 0.0484. The van der Waals surface area contributed by atoms with E-state index in [1.54, 1.807) is 0 Å². The average Bonchev–Trinajstić information content (AvgIpc) is 2.53. The summed E-state index contributed by atoms with van der Waals surface area (Å²) >= 11 is 0. The number of alkyl halides is 3. The van der Waals surface area contributed by atoms with Crippen molar-refractivity contribution >= 4 is 11.7 Å². The van der Waals surface area contributed by atoms with Crippen LogP contribution in [0.4, 0.5) is 18.9 Å². The Kier molecular flexibility index (Phi) is 5.05. The van der Waals surface area contributed by atoms with Gasteiger partial charge in [-0.15, -0.1) is 0 Å². The number of non-ortho nitro benzene ring substituents is 1. The van der Waals surface area contributed by atoms with Crippen molar-refractivity contribution in [3.8, 4) is 11.3 Å². The third-order valence-corrected chi connectivity index (χ3v) is 3.36. The van der Waals surface area contributed by atoms with E-state index in [0.717, 1.165) is 6.07 Å². The Labute approximate surface area is 140 Å². The predicted octanol–water partition coefficient (Wildman–Crippen LogP) is 4.16.